The standard InChI is InChI=1S/C20H30N6/c1-16-9-13-26(14-10-16)18-6-4-17(5-7-18)23-19-8-11-21-20(24-19)22-12-15-25(2)3/h4-8,11,16H,9-10,12-15H2,1-3H3,(H2,21,22,23,24). The van der Waals surface area contributed by atoms with Crippen molar-refractivity contribution < 1.29 is 0 Å². The molecule has 0 unspecified atom stereocenters. The molecule has 2 N–H and O–H groups in total. The van der Waals surface area contributed by atoms with E-state index in [0.717, 1.165) is 43.6 Å². The second-order valence-corrected chi connectivity index (χ2v) is 7.34. The van der Waals surface area contributed by atoms with Gasteiger partial charge in [-0.25, -0.2) is 4.98 Å². The molecule has 6 nitrogen and oxygen atoms in total. The number of benzene rings is 1. The highest BCUT2D eigenvalue weighted by Gasteiger charge is 2.15. The molecule has 0 saturated carbocycles. The third kappa shape index (κ3) is 5.33. The summed E-state index contributed by atoms with van der Waals surface area (Å²) in [5.74, 6) is 2.30. The smallest absolute Gasteiger partial charge is 0.224 e. The molecular formula is C20H30N6. The molecule has 0 aliphatic carbocycles. The molecule has 1 aliphatic heterocycles. The van der Waals surface area contributed by atoms with Gasteiger partial charge in [0.05, 0.1) is 0 Å². The quantitative estimate of drug-likeness (QED) is 0.794. The van der Waals surface area contributed by atoms with Crippen molar-refractivity contribution in [2.45, 2.75) is 19.8 Å². The molecule has 1 aromatic carbocycles. The summed E-state index contributed by atoms with van der Waals surface area (Å²) >= 11 is 0. The Bertz CT molecular complexity index is 677. The van der Waals surface area contributed by atoms with Gasteiger partial charge in [0, 0.05) is 43.8 Å². The molecule has 2 heterocycles. The molecule has 2 aromatic rings. The largest absolute Gasteiger partial charge is 0.372 e. The number of hydrogen-bond acceptors (Lipinski definition) is 6. The molecule has 0 amide bonds. The molecule has 3 rings (SSSR count). The van der Waals surface area contributed by atoms with Gasteiger partial charge in [-0.15, -0.1) is 0 Å². The molecule has 0 spiro atoms. The highest BCUT2D eigenvalue weighted by molar-refractivity contribution is 5.61. The maximum Gasteiger partial charge on any atom is 0.224 e. The normalized spacial score (nSPS) is 15.3. The van der Waals surface area contributed by atoms with Crippen LogP contribution in [-0.2, 0) is 0 Å². The number of nitrogens with one attached hydrogen (secondary N) is 2. The lowest BCUT2D eigenvalue weighted by atomic mass is 9.99. The zero-order valence-electron chi connectivity index (χ0n) is 16.1. The summed E-state index contributed by atoms with van der Waals surface area (Å²) in [7, 11) is 4.10. The molecule has 1 fully saturated rings. The summed E-state index contributed by atoms with van der Waals surface area (Å²) in [6.07, 6.45) is 4.34. The molecule has 0 atom stereocenters. The summed E-state index contributed by atoms with van der Waals surface area (Å²) in [4.78, 5) is 13.4. The van der Waals surface area contributed by atoms with E-state index in [1.165, 1.54) is 18.5 Å². The Morgan fingerprint density at radius 3 is 2.54 bits per heavy atom. The van der Waals surface area contributed by atoms with Crippen LogP contribution in [0.3, 0.4) is 0 Å². The van der Waals surface area contributed by atoms with Gasteiger partial charge in [-0.3, -0.25) is 0 Å². The first-order valence-electron chi connectivity index (χ1n) is 9.44. The monoisotopic (exact) mass is 354 g/mol. The first-order valence-corrected chi connectivity index (χ1v) is 9.44. The maximum atomic E-state index is 4.52. The van der Waals surface area contributed by atoms with E-state index in [1.54, 1.807) is 6.20 Å². The van der Waals surface area contributed by atoms with Crippen LogP contribution in [0, 0.1) is 5.92 Å². The molecule has 26 heavy (non-hydrogen) atoms. The number of likely N-dealkylation sites (N-methyl/N-ethyl adjacent to an activating group) is 1. The Hall–Kier alpha value is -2.34. The SMILES string of the molecule is CC1CCN(c2ccc(Nc3ccnc(NCCN(C)C)n3)cc2)CC1. The van der Waals surface area contributed by atoms with Gasteiger partial charge in [0.2, 0.25) is 5.95 Å². The lowest BCUT2D eigenvalue weighted by molar-refractivity contribution is 0.425. The third-order valence-electron chi connectivity index (χ3n) is 4.79. The summed E-state index contributed by atoms with van der Waals surface area (Å²) in [6.45, 7) is 6.41. The van der Waals surface area contributed by atoms with Crippen molar-refractivity contribution in [2.75, 3.05) is 55.8 Å². The van der Waals surface area contributed by atoms with E-state index in [-0.39, 0.29) is 0 Å². The van der Waals surface area contributed by atoms with Crippen LogP contribution >= 0.6 is 0 Å². The highest BCUT2D eigenvalue weighted by atomic mass is 15.2. The van der Waals surface area contributed by atoms with E-state index in [0.29, 0.717) is 5.95 Å². The Morgan fingerprint density at radius 1 is 1.12 bits per heavy atom. The fourth-order valence-corrected chi connectivity index (χ4v) is 3.08. The van der Waals surface area contributed by atoms with Crippen molar-refractivity contribution in [3.8, 4) is 0 Å². The molecule has 1 aromatic heterocycles. The summed E-state index contributed by atoms with van der Waals surface area (Å²) in [5.41, 5.74) is 2.34. The van der Waals surface area contributed by atoms with E-state index >= 15 is 0 Å². The average molecular weight is 355 g/mol. The summed E-state index contributed by atoms with van der Waals surface area (Å²) in [5, 5.41) is 6.61. The lowest BCUT2D eigenvalue weighted by Crippen LogP contribution is -2.32. The Morgan fingerprint density at radius 2 is 1.85 bits per heavy atom. The topological polar surface area (TPSA) is 56.3 Å². The van der Waals surface area contributed by atoms with Crippen molar-refractivity contribution in [3.63, 3.8) is 0 Å². The van der Waals surface area contributed by atoms with Gasteiger partial charge in [0.25, 0.3) is 0 Å². The van der Waals surface area contributed by atoms with Gasteiger partial charge in [-0.2, -0.15) is 4.98 Å². The number of nitrogens with zero attached hydrogens (tertiary/aromatic N) is 4. The van der Waals surface area contributed by atoms with Crippen molar-refractivity contribution in [2.24, 2.45) is 5.92 Å². The van der Waals surface area contributed by atoms with E-state index in [9.17, 15) is 0 Å². The molecule has 6 heteroatoms. The lowest BCUT2D eigenvalue weighted by Gasteiger charge is -2.32. The van der Waals surface area contributed by atoms with Crippen LogP contribution in [0.1, 0.15) is 19.8 Å². The van der Waals surface area contributed by atoms with Crippen LogP contribution in [0.4, 0.5) is 23.1 Å². The predicted molar refractivity (Wildman–Crippen MR) is 109 cm³/mol. The Kier molecular flexibility index (Phi) is 6.28. The second-order valence-electron chi connectivity index (χ2n) is 7.34. The summed E-state index contributed by atoms with van der Waals surface area (Å²) < 4.78 is 0. The van der Waals surface area contributed by atoms with Crippen LogP contribution in [0.2, 0.25) is 0 Å². The number of hydrogen-bond donors (Lipinski definition) is 2. The van der Waals surface area contributed by atoms with Gasteiger partial charge in [-0.05, 0) is 63.2 Å². The third-order valence-corrected chi connectivity index (χ3v) is 4.79. The van der Waals surface area contributed by atoms with Gasteiger partial charge < -0.3 is 20.4 Å². The first-order chi connectivity index (χ1) is 12.6. The Labute approximate surface area is 156 Å². The average Bonchev–Trinajstić information content (AvgIpc) is 2.63. The van der Waals surface area contributed by atoms with Crippen LogP contribution in [-0.4, -0.2) is 55.1 Å². The molecule has 1 aliphatic rings. The molecule has 140 valence electrons. The Balaban J connectivity index is 1.57. The zero-order chi connectivity index (χ0) is 18.4. The van der Waals surface area contributed by atoms with Crippen LogP contribution in [0.25, 0.3) is 0 Å². The predicted octanol–water partition coefficient (Wildman–Crippen LogP) is 3.43. The maximum absolute atomic E-state index is 4.52. The number of anilines is 4. The van der Waals surface area contributed by atoms with Gasteiger partial charge in [-0.1, -0.05) is 6.92 Å². The minimum atomic E-state index is 0.649. The number of piperidine rings is 1. The van der Waals surface area contributed by atoms with Gasteiger partial charge >= 0.3 is 0 Å². The van der Waals surface area contributed by atoms with E-state index in [4.69, 9.17) is 0 Å². The first kappa shape index (κ1) is 18.5. The molecule has 1 saturated heterocycles. The van der Waals surface area contributed by atoms with Crippen LogP contribution in [0.15, 0.2) is 36.5 Å². The van der Waals surface area contributed by atoms with E-state index in [2.05, 4.69) is 75.7 Å². The fraction of sp³-hybridized carbons (Fsp3) is 0.500. The van der Waals surface area contributed by atoms with E-state index in [1.807, 2.05) is 6.07 Å². The number of rotatable bonds is 7. The zero-order valence-corrected chi connectivity index (χ0v) is 16.1. The fourth-order valence-electron chi connectivity index (χ4n) is 3.08. The van der Waals surface area contributed by atoms with Crippen LogP contribution in [0.5, 0.6) is 0 Å². The molecule has 0 radical (unpaired) electrons. The summed E-state index contributed by atoms with van der Waals surface area (Å²) in [6, 6.07) is 10.5. The molecular weight excluding hydrogens is 324 g/mol. The minimum Gasteiger partial charge on any atom is -0.372 e. The van der Waals surface area contributed by atoms with E-state index < -0.39 is 0 Å². The minimum absolute atomic E-state index is 0.649. The van der Waals surface area contributed by atoms with Crippen molar-refractivity contribution >= 4 is 23.1 Å². The van der Waals surface area contributed by atoms with Crippen molar-refractivity contribution in [1.82, 2.24) is 14.9 Å². The molecule has 0 bridgehead atoms. The van der Waals surface area contributed by atoms with Crippen molar-refractivity contribution in [1.29, 1.82) is 0 Å². The van der Waals surface area contributed by atoms with Gasteiger partial charge in [0.1, 0.15) is 5.82 Å². The van der Waals surface area contributed by atoms with Crippen molar-refractivity contribution in [3.05, 3.63) is 36.5 Å². The second kappa shape index (κ2) is 8.85. The highest BCUT2D eigenvalue weighted by Crippen LogP contribution is 2.25. The van der Waals surface area contributed by atoms with Gasteiger partial charge in [0.15, 0.2) is 0 Å². The van der Waals surface area contributed by atoms with Crippen LogP contribution < -0.4 is 15.5 Å². The number of aromatic nitrogens is 2.